The van der Waals surface area contributed by atoms with Crippen molar-refractivity contribution in [3.05, 3.63) is 0 Å². The van der Waals surface area contributed by atoms with E-state index in [1.165, 1.54) is 116 Å². The van der Waals surface area contributed by atoms with Crippen LogP contribution in [0.3, 0.4) is 0 Å². The summed E-state index contributed by atoms with van der Waals surface area (Å²) in [6, 6.07) is 0. The van der Waals surface area contributed by atoms with Gasteiger partial charge in [-0.1, -0.05) is 157 Å². The predicted octanol–water partition coefficient (Wildman–Crippen LogP) is 12.7. The van der Waals surface area contributed by atoms with Crippen molar-refractivity contribution < 1.29 is 33.2 Å². The molecule has 0 N–H and O–H groups in total. The highest BCUT2D eigenvalue weighted by molar-refractivity contribution is 4.72. The fourth-order valence-electron chi connectivity index (χ4n) is 6.15. The van der Waals surface area contributed by atoms with Crippen LogP contribution in [0.1, 0.15) is 208 Å². The minimum atomic E-state index is -0.720. The van der Waals surface area contributed by atoms with Gasteiger partial charge in [-0.3, -0.25) is 0 Å². The molecule has 49 heavy (non-hydrogen) atoms. The lowest BCUT2D eigenvalue weighted by Gasteiger charge is -2.34. The normalized spacial score (nSPS) is 12.4. The number of hydrogen-bond donors (Lipinski definition) is 0. The Kier molecular flexibility index (Phi) is 37.3. The van der Waals surface area contributed by atoms with Crippen LogP contribution in [-0.4, -0.2) is 64.8 Å². The molecule has 0 spiro atoms. The van der Waals surface area contributed by atoms with Crippen LogP contribution in [0, 0.1) is 0 Å². The first-order valence-electron chi connectivity index (χ1n) is 21.4. The highest BCUT2D eigenvalue weighted by Gasteiger charge is 2.33. The summed E-state index contributed by atoms with van der Waals surface area (Å²) in [5, 5.41) is 0. The quantitative estimate of drug-likeness (QED) is 0.0463. The van der Waals surface area contributed by atoms with Crippen LogP contribution in [0.2, 0.25) is 0 Å². The lowest BCUT2D eigenvalue weighted by molar-refractivity contribution is -0.288. The van der Waals surface area contributed by atoms with Gasteiger partial charge in [-0.05, 0) is 38.5 Å². The molecular weight excluding hydrogens is 616 g/mol. The monoisotopic (exact) mass is 703 g/mol. The fourth-order valence-corrected chi connectivity index (χ4v) is 6.15. The van der Waals surface area contributed by atoms with Gasteiger partial charge in [0.1, 0.15) is 26.8 Å². The van der Waals surface area contributed by atoms with Gasteiger partial charge in [0.05, 0.1) is 0 Å². The van der Waals surface area contributed by atoms with Gasteiger partial charge in [-0.25, -0.2) is 0 Å². The molecule has 7 nitrogen and oxygen atoms in total. The Hall–Kier alpha value is -0.280. The Morgan fingerprint density at radius 3 is 0.816 bits per heavy atom. The van der Waals surface area contributed by atoms with E-state index in [1.54, 1.807) is 0 Å². The Bertz CT molecular complexity index is 564. The molecule has 7 heteroatoms. The zero-order chi connectivity index (χ0) is 36.0. The third-order valence-corrected chi connectivity index (χ3v) is 9.08. The average molecular weight is 703 g/mol. The largest absolute Gasteiger partial charge is 0.350 e. The van der Waals surface area contributed by atoms with E-state index in [4.69, 9.17) is 33.2 Å². The van der Waals surface area contributed by atoms with Crippen molar-refractivity contribution in [2.24, 2.45) is 0 Å². The van der Waals surface area contributed by atoms with Crippen LogP contribution in [0.25, 0.3) is 0 Å². The molecule has 0 saturated heterocycles. The van der Waals surface area contributed by atoms with Crippen LogP contribution in [0.4, 0.5) is 0 Å². The fraction of sp³-hybridized carbons (Fsp3) is 1.00. The van der Waals surface area contributed by atoms with Gasteiger partial charge in [0.15, 0.2) is 11.6 Å². The van der Waals surface area contributed by atoms with Crippen molar-refractivity contribution in [2.45, 2.75) is 220 Å². The highest BCUT2D eigenvalue weighted by Crippen LogP contribution is 2.26. The predicted molar refractivity (Wildman–Crippen MR) is 206 cm³/mol. The molecule has 0 amide bonds. The van der Waals surface area contributed by atoms with Gasteiger partial charge < -0.3 is 33.2 Å². The molecule has 0 aromatic heterocycles. The summed E-state index contributed by atoms with van der Waals surface area (Å²) in [4.78, 5) is 0. The lowest BCUT2D eigenvalue weighted by Crippen LogP contribution is -2.42. The lowest BCUT2D eigenvalue weighted by atomic mass is 10.0. The third kappa shape index (κ3) is 29.9. The van der Waals surface area contributed by atoms with Gasteiger partial charge in [-0.2, -0.15) is 0 Å². The second-order valence-electron chi connectivity index (χ2n) is 14.2. The maximum atomic E-state index is 6.33. The molecule has 296 valence electrons. The van der Waals surface area contributed by atoms with E-state index in [-0.39, 0.29) is 13.6 Å². The molecular formula is C42H86O7. The van der Waals surface area contributed by atoms with Crippen molar-refractivity contribution in [1.82, 2.24) is 0 Å². The van der Waals surface area contributed by atoms with E-state index < -0.39 is 11.6 Å². The minimum absolute atomic E-state index is 0.127. The van der Waals surface area contributed by atoms with Gasteiger partial charge in [0, 0.05) is 39.3 Å². The average Bonchev–Trinajstić information content (AvgIpc) is 3.12. The number of unbranched alkanes of at least 4 members (excludes halogenated alkanes) is 18. The first kappa shape index (κ1) is 48.7. The molecule has 0 aromatic carbocycles. The zero-order valence-electron chi connectivity index (χ0n) is 33.9. The first-order valence-corrected chi connectivity index (χ1v) is 21.4. The summed E-state index contributed by atoms with van der Waals surface area (Å²) in [6.45, 7) is 16.7. The molecule has 0 bridgehead atoms. The van der Waals surface area contributed by atoms with Crippen LogP contribution < -0.4 is 0 Å². The van der Waals surface area contributed by atoms with E-state index in [0.717, 1.165) is 51.4 Å². The van der Waals surface area contributed by atoms with Crippen LogP contribution >= 0.6 is 0 Å². The van der Waals surface area contributed by atoms with Gasteiger partial charge in [-0.15, -0.1) is 0 Å². The molecule has 0 aliphatic rings. The highest BCUT2D eigenvalue weighted by atomic mass is 16.8. The van der Waals surface area contributed by atoms with E-state index in [9.17, 15) is 0 Å². The summed E-state index contributed by atoms with van der Waals surface area (Å²) < 4.78 is 43.2. The number of hydrogen-bond acceptors (Lipinski definition) is 7. The Morgan fingerprint density at radius 2 is 0.551 bits per heavy atom. The molecule has 0 atom stereocenters. The summed E-state index contributed by atoms with van der Waals surface area (Å²) in [6.07, 6.45) is 31.6. The SMILES string of the molecule is CCCCCCCCCCCCC(COCOCOCC(CCCCCCCCCCCC)(OCCC)OCCC)(OCCC)OCCC. The Labute approximate surface area is 305 Å². The molecule has 0 unspecified atom stereocenters. The van der Waals surface area contributed by atoms with E-state index in [0.29, 0.717) is 39.6 Å². The Morgan fingerprint density at radius 1 is 0.286 bits per heavy atom. The second-order valence-corrected chi connectivity index (χ2v) is 14.2. The minimum Gasteiger partial charge on any atom is -0.350 e. The molecule has 0 heterocycles. The second kappa shape index (κ2) is 37.5. The van der Waals surface area contributed by atoms with E-state index in [2.05, 4.69) is 41.5 Å². The summed E-state index contributed by atoms with van der Waals surface area (Å²) in [5.74, 6) is -1.44. The third-order valence-electron chi connectivity index (χ3n) is 9.08. The summed E-state index contributed by atoms with van der Waals surface area (Å²) >= 11 is 0. The molecule has 0 saturated carbocycles. The summed E-state index contributed by atoms with van der Waals surface area (Å²) in [5.41, 5.74) is 0. The summed E-state index contributed by atoms with van der Waals surface area (Å²) in [7, 11) is 0. The van der Waals surface area contributed by atoms with Crippen molar-refractivity contribution in [2.75, 3.05) is 53.2 Å². The van der Waals surface area contributed by atoms with E-state index >= 15 is 0 Å². The van der Waals surface area contributed by atoms with E-state index in [1.807, 2.05) is 0 Å². The van der Waals surface area contributed by atoms with Crippen LogP contribution in [0.15, 0.2) is 0 Å². The van der Waals surface area contributed by atoms with Crippen molar-refractivity contribution >= 4 is 0 Å². The topological polar surface area (TPSA) is 64.6 Å². The smallest absolute Gasteiger partial charge is 0.191 e. The molecule has 0 aromatic rings. The first-order chi connectivity index (χ1) is 24.1. The maximum absolute atomic E-state index is 6.33. The molecule has 0 aliphatic carbocycles. The van der Waals surface area contributed by atoms with Gasteiger partial charge >= 0.3 is 0 Å². The standard InChI is InChI=1S/C42H86O7/c1-7-13-15-17-19-21-23-25-27-29-31-41(46-33-9-3,47-34-10-4)37-43-39-45-40-44-38-42(48-35-11-5,49-36-12-6)32-30-28-26-24-22-20-18-16-14-8-2/h7-40H2,1-6H3. The van der Waals surface area contributed by atoms with Crippen LogP contribution in [-0.2, 0) is 33.2 Å². The molecule has 0 radical (unpaired) electrons. The molecule has 0 rings (SSSR count). The number of ether oxygens (including phenoxy) is 7. The van der Waals surface area contributed by atoms with Crippen molar-refractivity contribution in [3.8, 4) is 0 Å². The van der Waals surface area contributed by atoms with Crippen LogP contribution in [0.5, 0.6) is 0 Å². The zero-order valence-corrected chi connectivity index (χ0v) is 33.9. The van der Waals surface area contributed by atoms with Crippen molar-refractivity contribution in [3.63, 3.8) is 0 Å². The maximum Gasteiger partial charge on any atom is 0.191 e. The Balaban J connectivity index is 4.70. The van der Waals surface area contributed by atoms with Gasteiger partial charge in [0.25, 0.3) is 0 Å². The molecule has 0 fully saturated rings. The number of rotatable bonds is 42. The van der Waals surface area contributed by atoms with Gasteiger partial charge in [0.2, 0.25) is 0 Å². The molecule has 0 aliphatic heterocycles. The van der Waals surface area contributed by atoms with Crippen molar-refractivity contribution in [1.29, 1.82) is 0 Å².